The summed E-state index contributed by atoms with van der Waals surface area (Å²) < 4.78 is 0. The molecular formula is C11H13BrO4. The first-order valence-corrected chi connectivity index (χ1v) is 5.82. The molecule has 1 aliphatic rings. The van der Waals surface area contributed by atoms with Gasteiger partial charge in [-0.1, -0.05) is 22.9 Å². The summed E-state index contributed by atoms with van der Waals surface area (Å²) in [5, 5.41) is 0. The molecular weight excluding hydrogens is 276 g/mol. The molecule has 0 aliphatic heterocycles. The number of Topliss-reactive ketones (excluding diaryl/α,β-unsaturated/α-hetero) is 4. The first-order chi connectivity index (χ1) is 7.07. The summed E-state index contributed by atoms with van der Waals surface area (Å²) in [4.78, 5) is 46.8. The highest BCUT2D eigenvalue weighted by atomic mass is 79.9. The molecule has 0 aromatic carbocycles. The van der Waals surface area contributed by atoms with E-state index in [0.717, 1.165) is 0 Å². The molecule has 1 atom stereocenters. The lowest BCUT2D eigenvalue weighted by molar-refractivity contribution is -0.163. The van der Waals surface area contributed by atoms with Crippen LogP contribution in [-0.2, 0) is 19.2 Å². The van der Waals surface area contributed by atoms with Crippen LogP contribution in [0, 0.1) is 10.8 Å². The van der Waals surface area contributed by atoms with E-state index in [2.05, 4.69) is 15.9 Å². The van der Waals surface area contributed by atoms with Crippen LogP contribution in [0.1, 0.15) is 27.7 Å². The Morgan fingerprint density at radius 3 is 1.44 bits per heavy atom. The van der Waals surface area contributed by atoms with E-state index in [-0.39, 0.29) is 0 Å². The molecule has 16 heavy (non-hydrogen) atoms. The van der Waals surface area contributed by atoms with Crippen molar-refractivity contribution in [2.45, 2.75) is 32.5 Å². The summed E-state index contributed by atoms with van der Waals surface area (Å²) in [6.45, 7) is 5.54. The van der Waals surface area contributed by atoms with Gasteiger partial charge in [0.25, 0.3) is 0 Å². The summed E-state index contributed by atoms with van der Waals surface area (Å²) >= 11 is 3.12. The number of hydrogen-bond donors (Lipinski definition) is 0. The van der Waals surface area contributed by atoms with Crippen molar-refractivity contribution >= 4 is 39.1 Å². The quantitative estimate of drug-likeness (QED) is 0.412. The van der Waals surface area contributed by atoms with E-state index < -0.39 is 38.8 Å². The summed E-state index contributed by atoms with van der Waals surface area (Å²) in [7, 11) is 0. The van der Waals surface area contributed by atoms with Gasteiger partial charge in [0.1, 0.15) is 5.41 Å². The molecule has 0 aromatic heterocycles. The molecule has 1 aliphatic carbocycles. The Morgan fingerprint density at radius 1 is 0.875 bits per heavy atom. The van der Waals surface area contributed by atoms with Crippen LogP contribution >= 0.6 is 15.9 Å². The highest BCUT2D eigenvalue weighted by Crippen LogP contribution is 2.39. The van der Waals surface area contributed by atoms with Crippen molar-refractivity contribution < 1.29 is 19.2 Å². The number of ketones is 4. The third-order valence-corrected chi connectivity index (χ3v) is 4.20. The minimum atomic E-state index is -1.57. The molecule has 0 saturated heterocycles. The molecule has 1 unspecified atom stereocenters. The second-order valence-electron chi connectivity index (χ2n) is 4.76. The highest BCUT2D eigenvalue weighted by Gasteiger charge is 2.61. The number of rotatable bonds is 1. The summed E-state index contributed by atoms with van der Waals surface area (Å²) in [6, 6.07) is 0. The first kappa shape index (κ1) is 13.2. The number of carbonyl (C=O) groups is 4. The van der Waals surface area contributed by atoms with Gasteiger partial charge in [-0.15, -0.1) is 0 Å². The van der Waals surface area contributed by atoms with Crippen molar-refractivity contribution in [1.82, 2.24) is 0 Å². The Balaban J connectivity index is 3.42. The lowest BCUT2D eigenvalue weighted by atomic mass is 9.61. The van der Waals surface area contributed by atoms with Gasteiger partial charge in [-0.25, -0.2) is 0 Å². The second-order valence-corrected chi connectivity index (χ2v) is 6.13. The van der Waals surface area contributed by atoms with Crippen LogP contribution in [-0.4, -0.2) is 28.0 Å². The monoisotopic (exact) mass is 288 g/mol. The molecule has 0 aromatic rings. The average molecular weight is 289 g/mol. The van der Waals surface area contributed by atoms with Gasteiger partial charge in [0.05, 0.1) is 5.41 Å². The number of carbonyl (C=O) groups excluding carboxylic acids is 4. The maximum Gasteiger partial charge on any atom is 0.214 e. The smallest absolute Gasteiger partial charge is 0.214 e. The predicted molar refractivity (Wildman–Crippen MR) is 60.3 cm³/mol. The number of hydrogen-bond acceptors (Lipinski definition) is 4. The van der Waals surface area contributed by atoms with Gasteiger partial charge in [-0.2, -0.15) is 0 Å². The van der Waals surface area contributed by atoms with Gasteiger partial charge < -0.3 is 0 Å². The molecule has 4 nitrogen and oxygen atoms in total. The van der Waals surface area contributed by atoms with Gasteiger partial charge in [-0.3, -0.25) is 19.2 Å². The highest BCUT2D eigenvalue weighted by molar-refractivity contribution is 9.09. The average Bonchev–Trinajstić information content (AvgIpc) is 2.21. The molecule has 0 spiro atoms. The third-order valence-electron chi connectivity index (χ3n) is 3.29. The molecule has 1 rings (SSSR count). The SMILES string of the molecule is CC(Br)C1(C)C(=O)C(=O)C(C)(C)C(=O)C1=O. The van der Waals surface area contributed by atoms with E-state index in [1.54, 1.807) is 6.92 Å². The standard InChI is InChI=1S/C11H13BrO4/c1-5(12)11(4)8(15)6(13)10(2,3)7(14)9(11)16/h5H,1-4H3. The lowest BCUT2D eigenvalue weighted by Crippen LogP contribution is -2.61. The van der Waals surface area contributed by atoms with Crippen LogP contribution in [0.25, 0.3) is 0 Å². The molecule has 1 fully saturated rings. The van der Waals surface area contributed by atoms with Crippen molar-refractivity contribution in [2.24, 2.45) is 10.8 Å². The predicted octanol–water partition coefficient (Wildman–Crippen LogP) is 1.09. The van der Waals surface area contributed by atoms with E-state index in [1.807, 2.05) is 0 Å². The Hall–Kier alpha value is -0.840. The lowest BCUT2D eigenvalue weighted by Gasteiger charge is -2.37. The van der Waals surface area contributed by atoms with Crippen LogP contribution < -0.4 is 0 Å². The van der Waals surface area contributed by atoms with Gasteiger partial charge in [0, 0.05) is 4.83 Å². The fourth-order valence-electron chi connectivity index (χ4n) is 1.61. The summed E-state index contributed by atoms with van der Waals surface area (Å²) in [5.74, 6) is -3.14. The molecule has 0 bridgehead atoms. The summed E-state index contributed by atoms with van der Waals surface area (Å²) in [6.07, 6.45) is 0. The van der Waals surface area contributed by atoms with Crippen molar-refractivity contribution in [2.75, 3.05) is 0 Å². The van der Waals surface area contributed by atoms with E-state index in [0.29, 0.717) is 0 Å². The van der Waals surface area contributed by atoms with Crippen LogP contribution in [0.3, 0.4) is 0 Å². The van der Waals surface area contributed by atoms with Gasteiger partial charge >= 0.3 is 0 Å². The van der Waals surface area contributed by atoms with Crippen LogP contribution in [0.5, 0.6) is 0 Å². The van der Waals surface area contributed by atoms with Crippen LogP contribution in [0.4, 0.5) is 0 Å². The molecule has 5 heteroatoms. The molecule has 88 valence electrons. The Labute approximate surface area is 102 Å². The Bertz CT molecular complexity index is 376. The van der Waals surface area contributed by atoms with E-state index in [9.17, 15) is 19.2 Å². The normalized spacial score (nSPS) is 25.8. The fourth-order valence-corrected chi connectivity index (χ4v) is 2.02. The largest absolute Gasteiger partial charge is 0.290 e. The van der Waals surface area contributed by atoms with E-state index >= 15 is 0 Å². The van der Waals surface area contributed by atoms with Crippen LogP contribution in [0.15, 0.2) is 0 Å². The van der Waals surface area contributed by atoms with Gasteiger partial charge in [-0.05, 0) is 20.8 Å². The van der Waals surface area contributed by atoms with Gasteiger partial charge in [0.15, 0.2) is 0 Å². The van der Waals surface area contributed by atoms with Crippen LogP contribution in [0.2, 0.25) is 0 Å². The van der Waals surface area contributed by atoms with E-state index in [4.69, 9.17) is 0 Å². The molecule has 0 amide bonds. The zero-order valence-electron chi connectivity index (χ0n) is 9.59. The minimum absolute atomic E-state index is 0.552. The zero-order chi connectivity index (χ0) is 12.9. The fraction of sp³-hybridized carbons (Fsp3) is 0.636. The number of alkyl halides is 1. The molecule has 0 N–H and O–H groups in total. The molecule has 0 heterocycles. The minimum Gasteiger partial charge on any atom is -0.290 e. The maximum atomic E-state index is 11.9. The molecule has 1 saturated carbocycles. The van der Waals surface area contributed by atoms with E-state index in [1.165, 1.54) is 20.8 Å². The maximum absolute atomic E-state index is 11.9. The van der Waals surface area contributed by atoms with Crippen molar-refractivity contribution in [3.8, 4) is 0 Å². The van der Waals surface area contributed by atoms with Crippen molar-refractivity contribution in [1.29, 1.82) is 0 Å². The van der Waals surface area contributed by atoms with Crippen molar-refractivity contribution in [3.63, 3.8) is 0 Å². The first-order valence-electron chi connectivity index (χ1n) is 4.90. The van der Waals surface area contributed by atoms with Gasteiger partial charge in [0.2, 0.25) is 23.1 Å². The Kier molecular flexibility index (Phi) is 2.96. The van der Waals surface area contributed by atoms with Crippen molar-refractivity contribution in [3.05, 3.63) is 0 Å². The Morgan fingerprint density at radius 2 is 1.19 bits per heavy atom. The summed E-state index contributed by atoms with van der Waals surface area (Å²) in [5.41, 5.74) is -3.08. The molecule has 0 radical (unpaired) electrons. The zero-order valence-corrected chi connectivity index (χ0v) is 11.2. The number of halogens is 1. The second kappa shape index (κ2) is 3.58. The topological polar surface area (TPSA) is 68.3 Å². The third kappa shape index (κ3) is 1.41.